The molecule has 0 saturated heterocycles. The van der Waals surface area contributed by atoms with Crippen LogP contribution in [-0.4, -0.2) is 48.7 Å². The van der Waals surface area contributed by atoms with Crippen molar-refractivity contribution in [2.45, 2.75) is 38.8 Å². The number of aromatic nitrogens is 2. The fourth-order valence-electron chi connectivity index (χ4n) is 2.36. The maximum absolute atomic E-state index is 12.6. The van der Waals surface area contributed by atoms with Crippen LogP contribution in [-0.2, 0) is 11.8 Å². The number of hydrogen-bond acceptors (Lipinski definition) is 5. The minimum atomic E-state index is -1.14. The molecule has 1 aromatic heterocycles. The van der Waals surface area contributed by atoms with Crippen molar-refractivity contribution < 1.29 is 19.6 Å². The van der Waals surface area contributed by atoms with Gasteiger partial charge in [-0.25, -0.2) is 4.79 Å². The van der Waals surface area contributed by atoms with Crippen molar-refractivity contribution in [3.63, 3.8) is 0 Å². The smallest absolute Gasteiger partial charge is 0.326 e. The lowest BCUT2D eigenvalue weighted by molar-refractivity contribution is -0.385. The topological polar surface area (TPSA) is 119 Å². The van der Waals surface area contributed by atoms with Gasteiger partial charge in [-0.15, -0.1) is 0 Å². The molecule has 0 aliphatic heterocycles. The zero-order chi connectivity index (χ0) is 15.9. The molecule has 2 rings (SSSR count). The minimum absolute atomic E-state index is 0.129. The van der Waals surface area contributed by atoms with Gasteiger partial charge >= 0.3 is 11.7 Å². The van der Waals surface area contributed by atoms with Crippen LogP contribution in [0.25, 0.3) is 0 Å². The molecule has 1 aromatic rings. The van der Waals surface area contributed by atoms with Crippen LogP contribution in [0.1, 0.15) is 35.9 Å². The van der Waals surface area contributed by atoms with Gasteiger partial charge in [0.15, 0.2) is 0 Å². The summed E-state index contributed by atoms with van der Waals surface area (Å²) in [6.45, 7) is 2.84. The van der Waals surface area contributed by atoms with Crippen molar-refractivity contribution in [3.8, 4) is 0 Å². The van der Waals surface area contributed by atoms with Gasteiger partial charge in [-0.1, -0.05) is 0 Å². The van der Waals surface area contributed by atoms with Gasteiger partial charge in [0.25, 0.3) is 5.91 Å². The fourth-order valence-corrected chi connectivity index (χ4v) is 2.36. The van der Waals surface area contributed by atoms with Crippen LogP contribution in [0.5, 0.6) is 0 Å². The summed E-state index contributed by atoms with van der Waals surface area (Å²) >= 11 is 0. The number of nitrogens with zero attached hydrogens (tertiary/aromatic N) is 4. The summed E-state index contributed by atoms with van der Waals surface area (Å²) < 4.78 is 1.14. The average Bonchev–Trinajstić information content (AvgIpc) is 3.14. The van der Waals surface area contributed by atoms with E-state index in [1.165, 1.54) is 25.8 Å². The Labute approximate surface area is 120 Å². The van der Waals surface area contributed by atoms with Gasteiger partial charge < -0.3 is 10.0 Å². The summed E-state index contributed by atoms with van der Waals surface area (Å²) in [5.41, 5.74) is -0.423. The predicted molar refractivity (Wildman–Crippen MR) is 70.9 cm³/mol. The van der Waals surface area contributed by atoms with Crippen LogP contribution in [0.2, 0.25) is 0 Å². The van der Waals surface area contributed by atoms with Gasteiger partial charge in [0.05, 0.1) is 4.92 Å². The normalized spacial score (nSPS) is 15.6. The first kappa shape index (κ1) is 14.9. The Balaban J connectivity index is 2.47. The van der Waals surface area contributed by atoms with Crippen LogP contribution in [0, 0.1) is 17.0 Å². The molecule has 0 aromatic carbocycles. The Kier molecular flexibility index (Phi) is 3.67. The van der Waals surface area contributed by atoms with Crippen molar-refractivity contribution in [1.82, 2.24) is 14.7 Å². The molecular weight excluding hydrogens is 280 g/mol. The average molecular weight is 296 g/mol. The number of carbonyl (C=O) groups is 2. The van der Waals surface area contributed by atoms with Gasteiger partial charge in [0.2, 0.25) is 5.69 Å². The molecule has 1 fully saturated rings. The van der Waals surface area contributed by atoms with Crippen LogP contribution < -0.4 is 0 Å². The standard InChI is InChI=1S/C12H16N4O5/c1-6-9(16(20)21)10(14(3)13-6)11(17)15(8-4-5-8)7(2)12(18)19/h7-8H,4-5H2,1-3H3,(H,18,19). The summed E-state index contributed by atoms with van der Waals surface area (Å²) in [6, 6.07) is -1.22. The van der Waals surface area contributed by atoms with E-state index in [0.717, 1.165) is 4.68 Å². The number of carboxylic acid groups (broad SMARTS) is 1. The van der Waals surface area contributed by atoms with Crippen LogP contribution in [0.4, 0.5) is 5.69 Å². The number of amides is 1. The maximum Gasteiger partial charge on any atom is 0.326 e. The molecule has 9 heteroatoms. The van der Waals surface area contributed by atoms with Crippen molar-refractivity contribution in [2.24, 2.45) is 7.05 Å². The lowest BCUT2D eigenvalue weighted by Gasteiger charge is -2.26. The van der Waals surface area contributed by atoms with E-state index in [-0.39, 0.29) is 23.1 Å². The summed E-state index contributed by atoms with van der Waals surface area (Å²) in [6.07, 6.45) is 1.40. The van der Waals surface area contributed by atoms with E-state index in [2.05, 4.69) is 5.10 Å². The SMILES string of the molecule is Cc1nn(C)c(C(=O)N(C2CC2)C(C)C(=O)O)c1[N+](=O)[O-]. The van der Waals surface area contributed by atoms with Crippen molar-refractivity contribution in [2.75, 3.05) is 0 Å². The molecule has 114 valence electrons. The van der Waals surface area contributed by atoms with Gasteiger partial charge in [0, 0.05) is 13.1 Å². The van der Waals surface area contributed by atoms with Gasteiger partial charge in [0.1, 0.15) is 11.7 Å². The third-order valence-electron chi connectivity index (χ3n) is 3.53. The largest absolute Gasteiger partial charge is 0.480 e. The molecule has 21 heavy (non-hydrogen) atoms. The highest BCUT2D eigenvalue weighted by atomic mass is 16.6. The van der Waals surface area contributed by atoms with Crippen LogP contribution in [0.3, 0.4) is 0 Å². The predicted octanol–water partition coefficient (Wildman–Crippen LogP) is 0.714. The lowest BCUT2D eigenvalue weighted by Crippen LogP contribution is -2.45. The molecule has 1 atom stereocenters. The number of aryl methyl sites for hydroxylation is 2. The van der Waals surface area contributed by atoms with Crippen LogP contribution >= 0.6 is 0 Å². The van der Waals surface area contributed by atoms with Crippen molar-refractivity contribution >= 4 is 17.6 Å². The minimum Gasteiger partial charge on any atom is -0.480 e. The van der Waals surface area contributed by atoms with E-state index in [9.17, 15) is 19.7 Å². The zero-order valence-electron chi connectivity index (χ0n) is 11.9. The summed E-state index contributed by atoms with van der Waals surface area (Å²) in [7, 11) is 1.43. The Morgan fingerprint density at radius 1 is 1.52 bits per heavy atom. The first-order valence-corrected chi connectivity index (χ1v) is 6.49. The van der Waals surface area contributed by atoms with Crippen molar-refractivity contribution in [3.05, 3.63) is 21.5 Å². The van der Waals surface area contributed by atoms with E-state index in [4.69, 9.17) is 5.11 Å². The third-order valence-corrected chi connectivity index (χ3v) is 3.53. The monoisotopic (exact) mass is 296 g/mol. The Hall–Kier alpha value is -2.45. The zero-order valence-corrected chi connectivity index (χ0v) is 11.9. The fraction of sp³-hybridized carbons (Fsp3) is 0.583. The maximum atomic E-state index is 12.6. The molecule has 1 aliphatic rings. The molecule has 1 unspecified atom stereocenters. The molecule has 1 amide bonds. The second-order valence-corrected chi connectivity index (χ2v) is 5.12. The van der Waals surface area contributed by atoms with E-state index in [1.54, 1.807) is 0 Å². The van der Waals surface area contributed by atoms with E-state index >= 15 is 0 Å². The van der Waals surface area contributed by atoms with Gasteiger partial charge in [-0.3, -0.25) is 19.6 Å². The third kappa shape index (κ3) is 2.58. The van der Waals surface area contributed by atoms with E-state index in [1.807, 2.05) is 0 Å². The summed E-state index contributed by atoms with van der Waals surface area (Å²) in [5, 5.41) is 24.2. The van der Waals surface area contributed by atoms with E-state index < -0.39 is 22.8 Å². The number of rotatable bonds is 5. The molecule has 1 heterocycles. The molecule has 1 saturated carbocycles. The molecule has 0 spiro atoms. The van der Waals surface area contributed by atoms with Crippen LogP contribution in [0.15, 0.2) is 0 Å². The number of carbonyl (C=O) groups excluding carboxylic acids is 1. The first-order valence-electron chi connectivity index (χ1n) is 6.49. The van der Waals surface area contributed by atoms with Crippen molar-refractivity contribution in [1.29, 1.82) is 0 Å². The molecule has 9 nitrogen and oxygen atoms in total. The highest BCUT2D eigenvalue weighted by Crippen LogP contribution is 2.32. The number of hydrogen-bond donors (Lipinski definition) is 1. The molecule has 1 N–H and O–H groups in total. The summed E-state index contributed by atoms with van der Waals surface area (Å²) in [4.78, 5) is 35.5. The molecule has 0 bridgehead atoms. The van der Waals surface area contributed by atoms with E-state index in [0.29, 0.717) is 12.8 Å². The summed E-state index contributed by atoms with van der Waals surface area (Å²) in [5.74, 6) is -1.81. The number of nitro groups is 1. The second-order valence-electron chi connectivity index (χ2n) is 5.12. The Morgan fingerprint density at radius 3 is 2.52 bits per heavy atom. The number of aliphatic carboxylic acids is 1. The molecule has 1 aliphatic carbocycles. The highest BCUT2D eigenvalue weighted by molar-refractivity contribution is 5.99. The quantitative estimate of drug-likeness (QED) is 0.631. The van der Waals surface area contributed by atoms with Gasteiger partial charge in [-0.2, -0.15) is 5.10 Å². The Bertz CT molecular complexity index is 619. The first-order chi connectivity index (χ1) is 9.75. The lowest BCUT2D eigenvalue weighted by atomic mass is 10.2. The molecule has 0 radical (unpaired) electrons. The van der Waals surface area contributed by atoms with Gasteiger partial charge in [-0.05, 0) is 26.7 Å². The highest BCUT2D eigenvalue weighted by Gasteiger charge is 2.42. The number of carboxylic acids is 1. The molecular formula is C12H16N4O5. The second kappa shape index (κ2) is 5.15. The Morgan fingerprint density at radius 2 is 2.10 bits per heavy atom.